The van der Waals surface area contributed by atoms with Crippen LogP contribution in [0.2, 0.25) is 0 Å². The molecule has 2 aromatic rings. The molecule has 2 heterocycles. The van der Waals surface area contributed by atoms with Crippen molar-refractivity contribution in [1.82, 2.24) is 9.29 Å². The van der Waals surface area contributed by atoms with E-state index in [0.29, 0.717) is 34.6 Å². The van der Waals surface area contributed by atoms with Gasteiger partial charge in [-0.05, 0) is 53.6 Å². The van der Waals surface area contributed by atoms with E-state index in [1.165, 1.54) is 35.8 Å². The molecule has 0 amide bonds. The molecule has 0 bridgehead atoms. The molecule has 1 aliphatic heterocycles. The molecule has 1 unspecified atom stereocenters. The van der Waals surface area contributed by atoms with Crippen LogP contribution in [0.15, 0.2) is 41.4 Å². The van der Waals surface area contributed by atoms with Crippen LogP contribution in [0.1, 0.15) is 12.8 Å². The highest BCUT2D eigenvalue weighted by Gasteiger charge is 2.31. The van der Waals surface area contributed by atoms with Gasteiger partial charge in [0.1, 0.15) is 22.6 Å². The number of benzene rings is 1. The zero-order valence-electron chi connectivity index (χ0n) is 14.1. The van der Waals surface area contributed by atoms with Gasteiger partial charge in [-0.3, -0.25) is 0 Å². The van der Waals surface area contributed by atoms with Crippen molar-refractivity contribution in [3.63, 3.8) is 0 Å². The van der Waals surface area contributed by atoms with Gasteiger partial charge in [-0.25, -0.2) is 17.8 Å². The Kier molecular flexibility index (Phi) is 5.98. The van der Waals surface area contributed by atoms with E-state index >= 15 is 0 Å². The molecular formula is C17H18FIN2O4S. The molecule has 0 saturated carbocycles. The smallest absolute Gasteiger partial charge is 0.244 e. The predicted molar refractivity (Wildman–Crippen MR) is 102 cm³/mol. The van der Waals surface area contributed by atoms with Crippen LogP contribution < -0.4 is 9.47 Å². The lowest BCUT2D eigenvalue weighted by Gasteiger charge is -2.32. The largest absolute Gasteiger partial charge is 0.489 e. The van der Waals surface area contributed by atoms with Crippen LogP contribution in [0.3, 0.4) is 0 Å². The zero-order chi connectivity index (χ0) is 18.7. The predicted octanol–water partition coefficient (Wildman–Crippen LogP) is 3.07. The number of sulfonamides is 1. The SMILES string of the molecule is COc1ccc(S(=O)(=O)N2CCCC(Oc3ccc(I)c(F)c3)C2)cn1. The van der Waals surface area contributed by atoms with Crippen LogP contribution in [-0.2, 0) is 10.0 Å². The van der Waals surface area contributed by atoms with Crippen LogP contribution in [0, 0.1) is 9.39 Å². The number of hydrogen-bond acceptors (Lipinski definition) is 5. The summed E-state index contributed by atoms with van der Waals surface area (Å²) in [7, 11) is -2.20. The van der Waals surface area contributed by atoms with Gasteiger partial charge < -0.3 is 9.47 Å². The normalized spacial score (nSPS) is 18.5. The highest BCUT2D eigenvalue weighted by molar-refractivity contribution is 14.1. The summed E-state index contributed by atoms with van der Waals surface area (Å²) < 4.78 is 51.9. The number of pyridine rings is 1. The Balaban J connectivity index is 1.73. The maximum Gasteiger partial charge on any atom is 0.244 e. The van der Waals surface area contributed by atoms with E-state index in [2.05, 4.69) is 4.98 Å². The van der Waals surface area contributed by atoms with Crippen LogP contribution >= 0.6 is 22.6 Å². The number of ether oxygens (including phenoxy) is 2. The lowest BCUT2D eigenvalue weighted by Crippen LogP contribution is -2.44. The van der Waals surface area contributed by atoms with Crippen molar-refractivity contribution in [3.8, 4) is 11.6 Å². The van der Waals surface area contributed by atoms with Gasteiger partial charge in [0, 0.05) is 22.2 Å². The molecule has 1 fully saturated rings. The number of rotatable bonds is 5. The number of methoxy groups -OCH3 is 1. The average Bonchev–Trinajstić information content (AvgIpc) is 2.65. The molecule has 0 radical (unpaired) electrons. The number of halogens is 2. The highest BCUT2D eigenvalue weighted by atomic mass is 127. The van der Waals surface area contributed by atoms with Crippen molar-refractivity contribution >= 4 is 32.6 Å². The van der Waals surface area contributed by atoms with E-state index in [-0.39, 0.29) is 23.4 Å². The monoisotopic (exact) mass is 492 g/mol. The van der Waals surface area contributed by atoms with E-state index in [1.54, 1.807) is 12.1 Å². The second-order valence-electron chi connectivity index (χ2n) is 5.86. The highest BCUT2D eigenvalue weighted by Crippen LogP contribution is 2.25. The Morgan fingerprint density at radius 1 is 1.31 bits per heavy atom. The van der Waals surface area contributed by atoms with Crippen molar-refractivity contribution in [3.05, 3.63) is 45.9 Å². The van der Waals surface area contributed by atoms with E-state index in [9.17, 15) is 12.8 Å². The quantitative estimate of drug-likeness (QED) is 0.601. The van der Waals surface area contributed by atoms with Crippen molar-refractivity contribution < 1.29 is 22.3 Å². The fourth-order valence-electron chi connectivity index (χ4n) is 2.75. The molecule has 140 valence electrons. The van der Waals surface area contributed by atoms with Crippen LogP contribution in [0.25, 0.3) is 0 Å². The first-order chi connectivity index (χ1) is 12.4. The lowest BCUT2D eigenvalue weighted by atomic mass is 10.1. The van der Waals surface area contributed by atoms with Crippen LogP contribution in [0.4, 0.5) is 4.39 Å². The summed E-state index contributed by atoms with van der Waals surface area (Å²) in [6.45, 7) is 0.622. The summed E-state index contributed by atoms with van der Waals surface area (Å²) in [6.07, 6.45) is 2.33. The van der Waals surface area contributed by atoms with Crippen molar-refractivity contribution in [1.29, 1.82) is 0 Å². The molecule has 6 nitrogen and oxygen atoms in total. The number of piperidine rings is 1. The van der Waals surface area contributed by atoms with Crippen LogP contribution in [0.5, 0.6) is 11.6 Å². The third kappa shape index (κ3) is 4.26. The Labute approximate surface area is 165 Å². The maximum absolute atomic E-state index is 13.7. The summed E-state index contributed by atoms with van der Waals surface area (Å²) in [5, 5.41) is 0. The first kappa shape index (κ1) is 19.3. The summed E-state index contributed by atoms with van der Waals surface area (Å²) >= 11 is 1.90. The minimum absolute atomic E-state index is 0.110. The van der Waals surface area contributed by atoms with Gasteiger partial charge in [0.25, 0.3) is 0 Å². The average molecular weight is 492 g/mol. The van der Waals surface area contributed by atoms with Crippen molar-refractivity contribution in [2.75, 3.05) is 20.2 Å². The molecule has 1 aliphatic rings. The molecular weight excluding hydrogens is 474 g/mol. The Morgan fingerprint density at radius 2 is 2.12 bits per heavy atom. The molecule has 1 atom stereocenters. The molecule has 26 heavy (non-hydrogen) atoms. The lowest BCUT2D eigenvalue weighted by molar-refractivity contribution is 0.129. The van der Waals surface area contributed by atoms with E-state index in [1.807, 2.05) is 22.6 Å². The van der Waals surface area contributed by atoms with Gasteiger partial charge in [-0.15, -0.1) is 0 Å². The molecule has 1 aromatic heterocycles. The molecule has 0 N–H and O–H groups in total. The first-order valence-electron chi connectivity index (χ1n) is 8.02. The molecule has 3 rings (SSSR count). The van der Waals surface area contributed by atoms with Crippen molar-refractivity contribution in [2.24, 2.45) is 0 Å². The van der Waals surface area contributed by atoms with Gasteiger partial charge >= 0.3 is 0 Å². The van der Waals surface area contributed by atoms with E-state index in [4.69, 9.17) is 9.47 Å². The van der Waals surface area contributed by atoms with Crippen molar-refractivity contribution in [2.45, 2.75) is 23.8 Å². The summed E-state index contributed by atoms with van der Waals surface area (Å²) in [5.74, 6) is 0.399. The van der Waals surface area contributed by atoms with Gasteiger partial charge in [0.15, 0.2) is 0 Å². The summed E-state index contributed by atoms with van der Waals surface area (Å²) in [5.41, 5.74) is 0. The number of nitrogens with zero attached hydrogens (tertiary/aromatic N) is 2. The Hall–Kier alpha value is -1.46. The van der Waals surface area contributed by atoms with Gasteiger partial charge in [-0.1, -0.05) is 0 Å². The Bertz CT molecular complexity index is 877. The molecule has 1 saturated heterocycles. The summed E-state index contributed by atoms with van der Waals surface area (Å²) in [6, 6.07) is 7.62. The fraction of sp³-hybridized carbons (Fsp3) is 0.353. The van der Waals surface area contributed by atoms with E-state index < -0.39 is 10.0 Å². The standard InChI is InChI=1S/C17H18FIN2O4S/c1-24-17-7-5-14(10-20-17)26(22,23)21-8-2-3-13(11-21)25-12-4-6-16(19)15(18)9-12/h4-7,9-10,13H,2-3,8,11H2,1H3. The summed E-state index contributed by atoms with van der Waals surface area (Å²) in [4.78, 5) is 4.07. The Morgan fingerprint density at radius 3 is 2.77 bits per heavy atom. The van der Waals surface area contributed by atoms with E-state index in [0.717, 1.165) is 0 Å². The molecule has 9 heteroatoms. The zero-order valence-corrected chi connectivity index (χ0v) is 17.0. The van der Waals surface area contributed by atoms with Gasteiger partial charge in [0.2, 0.25) is 15.9 Å². The molecule has 0 spiro atoms. The maximum atomic E-state index is 13.7. The second kappa shape index (κ2) is 8.05. The van der Waals surface area contributed by atoms with Crippen LogP contribution in [-0.4, -0.2) is 44.0 Å². The molecule has 1 aromatic carbocycles. The number of aromatic nitrogens is 1. The van der Waals surface area contributed by atoms with Gasteiger partial charge in [-0.2, -0.15) is 4.31 Å². The second-order valence-corrected chi connectivity index (χ2v) is 8.96. The fourth-order valence-corrected chi connectivity index (χ4v) is 4.54. The third-order valence-electron chi connectivity index (χ3n) is 4.09. The van der Waals surface area contributed by atoms with Gasteiger partial charge in [0.05, 0.1) is 19.9 Å². The topological polar surface area (TPSA) is 68.7 Å². The number of hydrogen-bond donors (Lipinski definition) is 0. The minimum atomic E-state index is -3.67. The first-order valence-corrected chi connectivity index (χ1v) is 10.5. The third-order valence-corrected chi connectivity index (χ3v) is 6.81. The molecule has 0 aliphatic carbocycles. The minimum Gasteiger partial charge on any atom is -0.489 e.